The Morgan fingerprint density at radius 2 is 1.71 bits per heavy atom. The van der Waals surface area contributed by atoms with E-state index in [-0.39, 0.29) is 36.6 Å². The number of likely N-dealkylation sites (tertiary alicyclic amines) is 1. The number of nitrogens with zero attached hydrogens (tertiary/aromatic N) is 7. The summed E-state index contributed by atoms with van der Waals surface area (Å²) in [6, 6.07) is 17.2. The van der Waals surface area contributed by atoms with Crippen molar-refractivity contribution in [3.8, 4) is 5.75 Å². The van der Waals surface area contributed by atoms with Gasteiger partial charge >= 0.3 is 0 Å². The predicted molar refractivity (Wildman–Crippen MR) is 180 cm³/mol. The monoisotopic (exact) mass is 693 g/mol. The zero-order valence-corrected chi connectivity index (χ0v) is 28.1. The van der Waals surface area contributed by atoms with Gasteiger partial charge in [0.2, 0.25) is 0 Å². The first-order chi connectivity index (χ1) is 23.6. The van der Waals surface area contributed by atoms with Gasteiger partial charge in [0.05, 0.1) is 36.5 Å². The van der Waals surface area contributed by atoms with Crippen molar-refractivity contribution in [1.82, 2.24) is 39.7 Å². The first kappa shape index (κ1) is 35.4. The number of aliphatic hydroxyl groups is 1. The molecule has 49 heavy (non-hydrogen) atoms. The Balaban J connectivity index is 0.000000195. The molecule has 3 N–H and O–H groups in total. The largest absolute Gasteiger partial charge is 0.496 e. The Labute approximate surface area is 287 Å². The fourth-order valence-corrected chi connectivity index (χ4v) is 6.09. The maximum absolute atomic E-state index is 14.1. The van der Waals surface area contributed by atoms with Gasteiger partial charge in [0.25, 0.3) is 5.91 Å². The molecule has 1 aliphatic rings. The molecule has 5 aromatic rings. The highest BCUT2D eigenvalue weighted by Crippen LogP contribution is 2.31. The third-order valence-electron chi connectivity index (χ3n) is 8.45. The van der Waals surface area contributed by atoms with Gasteiger partial charge in [0.15, 0.2) is 0 Å². The van der Waals surface area contributed by atoms with E-state index in [4.69, 9.17) is 16.3 Å². The number of methoxy groups -OCH3 is 1. The molecule has 3 aromatic carbocycles. The summed E-state index contributed by atoms with van der Waals surface area (Å²) in [4.78, 5) is 22.8. The van der Waals surface area contributed by atoms with Gasteiger partial charge in [-0.3, -0.25) is 9.69 Å². The molecular weight excluding hydrogens is 656 g/mol. The van der Waals surface area contributed by atoms with Crippen LogP contribution in [0.2, 0.25) is 5.02 Å². The van der Waals surface area contributed by atoms with E-state index in [1.807, 2.05) is 6.07 Å². The molecule has 15 heteroatoms. The molecule has 0 bridgehead atoms. The maximum atomic E-state index is 14.1. The average molecular weight is 694 g/mol. The van der Waals surface area contributed by atoms with Crippen LogP contribution >= 0.6 is 11.6 Å². The number of nitrogens with one attached hydrogen (secondary N) is 2. The molecule has 6 rings (SSSR count). The summed E-state index contributed by atoms with van der Waals surface area (Å²) in [6.07, 6.45) is 6.32. The topological polar surface area (TPSA) is 135 Å². The number of amides is 1. The van der Waals surface area contributed by atoms with Gasteiger partial charge < -0.3 is 20.5 Å². The minimum absolute atomic E-state index is 0.0556. The van der Waals surface area contributed by atoms with E-state index in [2.05, 4.69) is 66.9 Å². The van der Waals surface area contributed by atoms with Crippen LogP contribution in [0.15, 0.2) is 86.0 Å². The lowest BCUT2D eigenvalue weighted by Crippen LogP contribution is -2.43. The van der Waals surface area contributed by atoms with Gasteiger partial charge in [0, 0.05) is 49.9 Å². The quantitative estimate of drug-likeness (QED) is 0.183. The summed E-state index contributed by atoms with van der Waals surface area (Å²) >= 11 is 6.26. The molecule has 2 aromatic heterocycles. The lowest BCUT2D eigenvalue weighted by Gasteiger charge is -2.28. The standard InChI is InChI=1S/C21H26ClN3O2.C13H12F2N6O/c1-14-18(9-10-25(14)13-15-7-5-4-6-8-15)24-21(26)16-11-17(22)19(23-2)12-20(16)27-3;14-10-1-2-11(12(15)3-10)13(22,4-20-8-16-6-18-20)5-21-9-17-7-19-21/h4-8,11-12,14,18,23H,9-10,13H2,1-3H3,(H,24,26);1-3,6-9,22H,4-5H2/t14-,18-;/m0./s1. The molecule has 3 heterocycles. The number of aromatic nitrogens is 6. The zero-order chi connectivity index (χ0) is 35.0. The highest BCUT2D eigenvalue weighted by Gasteiger charge is 2.35. The van der Waals surface area contributed by atoms with E-state index in [1.165, 1.54) is 46.3 Å². The summed E-state index contributed by atoms with van der Waals surface area (Å²) in [7, 11) is 3.33. The molecule has 0 saturated carbocycles. The smallest absolute Gasteiger partial charge is 0.255 e. The molecule has 0 unspecified atom stereocenters. The Hall–Kier alpha value is -4.92. The number of benzene rings is 3. The van der Waals surface area contributed by atoms with Gasteiger partial charge in [-0.15, -0.1) is 0 Å². The zero-order valence-electron chi connectivity index (χ0n) is 27.3. The van der Waals surface area contributed by atoms with Gasteiger partial charge in [0.1, 0.15) is 48.3 Å². The number of anilines is 1. The second-order valence-electron chi connectivity index (χ2n) is 11.7. The number of rotatable bonds is 11. The summed E-state index contributed by atoms with van der Waals surface area (Å²) in [6.45, 7) is 3.86. The van der Waals surface area contributed by atoms with E-state index in [1.54, 1.807) is 26.3 Å². The van der Waals surface area contributed by atoms with Crippen LogP contribution in [-0.4, -0.2) is 78.2 Å². The number of carbonyl (C=O) groups excluding carboxylic acids is 1. The van der Waals surface area contributed by atoms with E-state index in [0.29, 0.717) is 16.3 Å². The molecule has 1 amide bonds. The van der Waals surface area contributed by atoms with Crippen molar-refractivity contribution in [1.29, 1.82) is 0 Å². The Kier molecular flexibility index (Phi) is 11.5. The molecule has 0 aliphatic carbocycles. The van der Waals surface area contributed by atoms with E-state index in [0.717, 1.165) is 37.3 Å². The van der Waals surface area contributed by atoms with Gasteiger partial charge in [-0.2, -0.15) is 10.2 Å². The molecule has 0 spiro atoms. The number of halogens is 3. The molecule has 2 atom stereocenters. The van der Waals surface area contributed by atoms with Crippen LogP contribution in [0.4, 0.5) is 14.5 Å². The van der Waals surface area contributed by atoms with Crippen molar-refractivity contribution < 1.29 is 23.4 Å². The van der Waals surface area contributed by atoms with Crippen molar-refractivity contribution in [3.05, 3.63) is 119 Å². The minimum Gasteiger partial charge on any atom is -0.496 e. The van der Waals surface area contributed by atoms with Gasteiger partial charge in [-0.1, -0.05) is 48.0 Å². The first-order valence-electron chi connectivity index (χ1n) is 15.6. The van der Waals surface area contributed by atoms with Crippen molar-refractivity contribution in [2.45, 2.75) is 50.7 Å². The van der Waals surface area contributed by atoms with Crippen LogP contribution in [-0.2, 0) is 25.2 Å². The maximum Gasteiger partial charge on any atom is 0.255 e. The number of carbonyl (C=O) groups is 1. The van der Waals surface area contributed by atoms with Crippen LogP contribution in [0.5, 0.6) is 5.75 Å². The Morgan fingerprint density at radius 3 is 2.29 bits per heavy atom. The second kappa shape index (κ2) is 16.0. The molecule has 0 radical (unpaired) electrons. The lowest BCUT2D eigenvalue weighted by molar-refractivity contribution is -0.00856. The molecule has 12 nitrogen and oxygen atoms in total. The van der Waals surface area contributed by atoms with Crippen LogP contribution in [0.25, 0.3) is 0 Å². The Bertz CT molecular complexity index is 1780. The van der Waals surface area contributed by atoms with Gasteiger partial charge in [-0.05, 0) is 31.0 Å². The third kappa shape index (κ3) is 8.76. The van der Waals surface area contributed by atoms with Gasteiger partial charge in [-0.25, -0.2) is 28.1 Å². The normalized spacial score (nSPS) is 16.1. The van der Waals surface area contributed by atoms with Crippen LogP contribution in [0.1, 0.15) is 34.8 Å². The van der Waals surface area contributed by atoms with Crippen molar-refractivity contribution in [3.63, 3.8) is 0 Å². The third-order valence-corrected chi connectivity index (χ3v) is 8.76. The minimum atomic E-state index is -1.70. The van der Waals surface area contributed by atoms with Crippen molar-refractivity contribution in [2.24, 2.45) is 0 Å². The van der Waals surface area contributed by atoms with Crippen molar-refractivity contribution >= 4 is 23.2 Å². The summed E-state index contributed by atoms with van der Waals surface area (Å²) in [5.74, 6) is -1.21. The Morgan fingerprint density at radius 1 is 1.04 bits per heavy atom. The fourth-order valence-electron chi connectivity index (χ4n) is 5.83. The number of hydrogen-bond acceptors (Lipinski definition) is 9. The van der Waals surface area contributed by atoms with Crippen LogP contribution < -0.4 is 15.4 Å². The fraction of sp³-hybridized carbons (Fsp3) is 0.324. The molecule has 258 valence electrons. The summed E-state index contributed by atoms with van der Waals surface area (Å²) in [5.41, 5.74) is 0.718. The highest BCUT2D eigenvalue weighted by molar-refractivity contribution is 6.33. The number of hydrogen-bond donors (Lipinski definition) is 3. The van der Waals surface area contributed by atoms with E-state index < -0.39 is 17.2 Å². The van der Waals surface area contributed by atoms with Crippen LogP contribution in [0, 0.1) is 11.6 Å². The summed E-state index contributed by atoms with van der Waals surface area (Å²) < 4.78 is 35.3. The molecular formula is C34H38ClF2N9O3. The molecule has 1 aliphatic heterocycles. The molecule has 1 fully saturated rings. The number of ether oxygens (including phenoxy) is 1. The highest BCUT2D eigenvalue weighted by atomic mass is 35.5. The average Bonchev–Trinajstić information content (AvgIpc) is 3.86. The van der Waals surface area contributed by atoms with E-state index in [9.17, 15) is 18.7 Å². The predicted octanol–water partition coefficient (Wildman–Crippen LogP) is 4.52. The first-order valence-corrected chi connectivity index (χ1v) is 15.9. The van der Waals surface area contributed by atoms with Crippen LogP contribution in [0.3, 0.4) is 0 Å². The molecule has 1 saturated heterocycles. The van der Waals surface area contributed by atoms with Crippen molar-refractivity contribution in [2.75, 3.05) is 26.0 Å². The second-order valence-corrected chi connectivity index (χ2v) is 12.1. The SMILES string of the molecule is CNc1cc(OC)c(C(=O)N[C@H]2CCN(Cc3ccccc3)[C@H]2C)cc1Cl.OC(Cn1cncn1)(Cn1cncn1)c1ccc(F)cc1F. The lowest BCUT2D eigenvalue weighted by atomic mass is 9.93. The summed E-state index contributed by atoms with van der Waals surface area (Å²) in [5, 5.41) is 25.4. The van der Waals surface area contributed by atoms with E-state index >= 15 is 0 Å².